The average Bonchev–Trinajstić information content (AvgIpc) is 2.18. The number of hydrogen-bond acceptors (Lipinski definition) is 3. The fraction of sp³-hybridized carbons (Fsp3) is 1.00. The van der Waals surface area contributed by atoms with Crippen molar-refractivity contribution in [3.8, 4) is 0 Å². The Morgan fingerprint density at radius 2 is 1.87 bits per heavy atom. The van der Waals surface area contributed by atoms with Crippen LogP contribution in [0.4, 0.5) is 0 Å². The third-order valence-corrected chi connectivity index (χ3v) is 5.18. The molecule has 0 aromatic rings. The Labute approximate surface area is 93.3 Å². The molecule has 15 heavy (non-hydrogen) atoms. The molecule has 1 aliphatic heterocycles. The second kappa shape index (κ2) is 5.85. The molecule has 90 valence electrons. The summed E-state index contributed by atoms with van der Waals surface area (Å²) in [6.45, 7) is 2.91. The molecule has 0 bridgehead atoms. The molecule has 2 N–H and O–H groups in total. The van der Waals surface area contributed by atoms with Gasteiger partial charge >= 0.3 is 0 Å². The highest BCUT2D eigenvalue weighted by Crippen LogP contribution is 2.31. The molecular weight excluding hydrogens is 210 g/mol. The fourth-order valence-corrected chi connectivity index (χ4v) is 4.11. The van der Waals surface area contributed by atoms with Crippen molar-refractivity contribution in [2.24, 2.45) is 17.6 Å². The number of rotatable bonds is 5. The van der Waals surface area contributed by atoms with Gasteiger partial charge in [-0.2, -0.15) is 0 Å². The highest BCUT2D eigenvalue weighted by molar-refractivity contribution is 7.91. The van der Waals surface area contributed by atoms with Gasteiger partial charge in [-0.05, 0) is 37.6 Å². The third kappa shape index (κ3) is 4.11. The largest absolute Gasteiger partial charge is 0.330 e. The van der Waals surface area contributed by atoms with Crippen molar-refractivity contribution >= 4 is 9.84 Å². The number of nitrogens with two attached hydrogens (primary N) is 1. The summed E-state index contributed by atoms with van der Waals surface area (Å²) in [7, 11) is -2.71. The first kappa shape index (κ1) is 13.0. The van der Waals surface area contributed by atoms with Gasteiger partial charge in [0.25, 0.3) is 0 Å². The average molecular weight is 233 g/mol. The van der Waals surface area contributed by atoms with E-state index < -0.39 is 9.84 Å². The zero-order chi connectivity index (χ0) is 11.3. The minimum absolute atomic E-state index is 0.391. The van der Waals surface area contributed by atoms with E-state index in [2.05, 4.69) is 6.92 Å². The Kier molecular flexibility index (Phi) is 5.06. The second-order valence-electron chi connectivity index (χ2n) is 4.62. The maximum absolute atomic E-state index is 11.3. The van der Waals surface area contributed by atoms with Crippen molar-refractivity contribution in [1.29, 1.82) is 0 Å². The Morgan fingerprint density at radius 3 is 2.33 bits per heavy atom. The van der Waals surface area contributed by atoms with Crippen LogP contribution >= 0.6 is 0 Å². The van der Waals surface area contributed by atoms with Crippen molar-refractivity contribution in [2.45, 2.75) is 39.0 Å². The minimum atomic E-state index is -2.71. The molecular formula is C11H23NO2S. The fourth-order valence-electron chi connectivity index (χ4n) is 2.58. The van der Waals surface area contributed by atoms with Crippen molar-refractivity contribution in [1.82, 2.24) is 0 Å². The number of hydrogen-bond donors (Lipinski definition) is 1. The van der Waals surface area contributed by atoms with Gasteiger partial charge in [-0.25, -0.2) is 8.42 Å². The summed E-state index contributed by atoms with van der Waals surface area (Å²) in [5.74, 6) is 2.03. The molecule has 3 nitrogen and oxygen atoms in total. The smallest absolute Gasteiger partial charge is 0.150 e. The zero-order valence-electron chi connectivity index (χ0n) is 9.61. The van der Waals surface area contributed by atoms with Crippen LogP contribution in [0.2, 0.25) is 0 Å². The Morgan fingerprint density at radius 1 is 1.27 bits per heavy atom. The van der Waals surface area contributed by atoms with Crippen LogP contribution in [0.5, 0.6) is 0 Å². The van der Waals surface area contributed by atoms with E-state index >= 15 is 0 Å². The standard InChI is InChI=1S/C11H23NO2S/c1-2-3-10(4-7-12)11-5-8-15(13,14)9-6-11/h10-11H,2-9,12H2,1H3. The van der Waals surface area contributed by atoms with Crippen LogP contribution in [0, 0.1) is 11.8 Å². The Balaban J connectivity index is 2.48. The lowest BCUT2D eigenvalue weighted by Gasteiger charge is -2.29. The molecule has 0 aliphatic carbocycles. The summed E-state index contributed by atoms with van der Waals surface area (Å²) in [4.78, 5) is 0. The highest BCUT2D eigenvalue weighted by Gasteiger charge is 2.28. The van der Waals surface area contributed by atoms with E-state index in [1.165, 1.54) is 12.8 Å². The molecule has 0 saturated carbocycles. The van der Waals surface area contributed by atoms with Crippen LogP contribution in [-0.2, 0) is 9.84 Å². The van der Waals surface area contributed by atoms with Crippen molar-refractivity contribution in [2.75, 3.05) is 18.1 Å². The van der Waals surface area contributed by atoms with Crippen LogP contribution in [0.15, 0.2) is 0 Å². The molecule has 1 rings (SSSR count). The van der Waals surface area contributed by atoms with E-state index in [0.717, 1.165) is 25.8 Å². The van der Waals surface area contributed by atoms with E-state index in [4.69, 9.17) is 5.73 Å². The maximum atomic E-state index is 11.3. The molecule has 1 atom stereocenters. The maximum Gasteiger partial charge on any atom is 0.150 e. The highest BCUT2D eigenvalue weighted by atomic mass is 32.2. The van der Waals surface area contributed by atoms with E-state index in [0.29, 0.717) is 23.3 Å². The van der Waals surface area contributed by atoms with Crippen molar-refractivity contribution in [3.63, 3.8) is 0 Å². The monoisotopic (exact) mass is 233 g/mol. The SMILES string of the molecule is CCCC(CCN)C1CCS(=O)(=O)CC1. The molecule has 0 amide bonds. The predicted molar refractivity (Wildman–Crippen MR) is 63.4 cm³/mol. The predicted octanol–water partition coefficient (Wildman–Crippen LogP) is 1.58. The van der Waals surface area contributed by atoms with E-state index in [-0.39, 0.29) is 0 Å². The van der Waals surface area contributed by atoms with Crippen LogP contribution in [0.25, 0.3) is 0 Å². The first-order chi connectivity index (χ1) is 7.09. The van der Waals surface area contributed by atoms with Gasteiger partial charge in [-0.1, -0.05) is 19.8 Å². The summed E-state index contributed by atoms with van der Waals surface area (Å²) < 4.78 is 22.6. The molecule has 1 aliphatic rings. The van der Waals surface area contributed by atoms with Gasteiger partial charge in [0, 0.05) is 0 Å². The van der Waals surface area contributed by atoms with E-state index in [1.54, 1.807) is 0 Å². The molecule has 0 aromatic carbocycles. The third-order valence-electron chi connectivity index (χ3n) is 3.46. The first-order valence-corrected chi connectivity index (χ1v) is 7.81. The topological polar surface area (TPSA) is 60.2 Å². The second-order valence-corrected chi connectivity index (χ2v) is 6.92. The molecule has 1 heterocycles. The molecule has 4 heteroatoms. The van der Waals surface area contributed by atoms with Crippen LogP contribution in [0.3, 0.4) is 0 Å². The van der Waals surface area contributed by atoms with Gasteiger partial charge in [0.2, 0.25) is 0 Å². The summed E-state index contributed by atoms with van der Waals surface area (Å²) in [6.07, 6.45) is 5.13. The Hall–Kier alpha value is -0.0900. The number of sulfone groups is 1. The van der Waals surface area contributed by atoms with Gasteiger partial charge in [0.15, 0.2) is 0 Å². The summed E-state index contributed by atoms with van der Waals surface area (Å²) >= 11 is 0. The van der Waals surface area contributed by atoms with Gasteiger partial charge in [0.1, 0.15) is 9.84 Å². The molecule has 1 unspecified atom stereocenters. The quantitative estimate of drug-likeness (QED) is 0.784. The molecule has 1 fully saturated rings. The molecule has 0 radical (unpaired) electrons. The van der Waals surface area contributed by atoms with Crippen LogP contribution in [0.1, 0.15) is 39.0 Å². The van der Waals surface area contributed by atoms with Gasteiger partial charge in [0.05, 0.1) is 11.5 Å². The van der Waals surface area contributed by atoms with E-state index in [1.807, 2.05) is 0 Å². The van der Waals surface area contributed by atoms with Gasteiger partial charge < -0.3 is 5.73 Å². The molecule has 0 spiro atoms. The van der Waals surface area contributed by atoms with Crippen LogP contribution < -0.4 is 5.73 Å². The normalized spacial score (nSPS) is 23.9. The zero-order valence-corrected chi connectivity index (χ0v) is 10.4. The van der Waals surface area contributed by atoms with Crippen molar-refractivity contribution < 1.29 is 8.42 Å². The van der Waals surface area contributed by atoms with Crippen LogP contribution in [-0.4, -0.2) is 26.5 Å². The summed E-state index contributed by atoms with van der Waals surface area (Å²) in [5, 5.41) is 0. The first-order valence-electron chi connectivity index (χ1n) is 5.99. The molecule has 0 aromatic heterocycles. The summed E-state index contributed by atoms with van der Waals surface area (Å²) in [6, 6.07) is 0. The lowest BCUT2D eigenvalue weighted by molar-refractivity contribution is 0.274. The van der Waals surface area contributed by atoms with E-state index in [9.17, 15) is 8.42 Å². The molecule has 1 saturated heterocycles. The minimum Gasteiger partial charge on any atom is -0.330 e. The lowest BCUT2D eigenvalue weighted by atomic mass is 9.82. The van der Waals surface area contributed by atoms with Gasteiger partial charge in [-0.3, -0.25) is 0 Å². The van der Waals surface area contributed by atoms with Crippen molar-refractivity contribution in [3.05, 3.63) is 0 Å². The van der Waals surface area contributed by atoms with Gasteiger partial charge in [-0.15, -0.1) is 0 Å². The Bertz CT molecular complexity index is 254. The lowest BCUT2D eigenvalue weighted by Crippen LogP contribution is -2.29. The summed E-state index contributed by atoms with van der Waals surface area (Å²) in [5.41, 5.74) is 5.60.